The van der Waals surface area contributed by atoms with Crippen molar-refractivity contribution < 1.29 is 9.47 Å². The van der Waals surface area contributed by atoms with Crippen LogP contribution in [0.5, 0.6) is 11.5 Å². The van der Waals surface area contributed by atoms with Crippen LogP contribution >= 0.6 is 15.9 Å². The molecule has 2 heterocycles. The van der Waals surface area contributed by atoms with Gasteiger partial charge in [0.15, 0.2) is 11.5 Å². The van der Waals surface area contributed by atoms with Crippen LogP contribution in [-0.2, 0) is 0 Å². The standard InChI is InChI=1S/C14H13BrN2O2/c1-9-5-14(16-7-11(9)15)17(2)10-3-4-12-13(6-10)19-8-18-12/h3-7H,8H2,1-2H3. The third-order valence-electron chi connectivity index (χ3n) is 3.12. The summed E-state index contributed by atoms with van der Waals surface area (Å²) in [5.74, 6) is 2.45. The molecule has 5 heteroatoms. The van der Waals surface area contributed by atoms with Gasteiger partial charge in [0, 0.05) is 29.5 Å². The van der Waals surface area contributed by atoms with Gasteiger partial charge in [-0.3, -0.25) is 0 Å². The second kappa shape index (κ2) is 4.74. The van der Waals surface area contributed by atoms with E-state index in [1.165, 1.54) is 0 Å². The summed E-state index contributed by atoms with van der Waals surface area (Å²) < 4.78 is 11.7. The molecular weight excluding hydrogens is 308 g/mol. The molecule has 4 nitrogen and oxygen atoms in total. The summed E-state index contributed by atoms with van der Waals surface area (Å²) in [4.78, 5) is 6.43. The zero-order valence-corrected chi connectivity index (χ0v) is 12.3. The number of hydrogen-bond acceptors (Lipinski definition) is 4. The third-order valence-corrected chi connectivity index (χ3v) is 3.95. The highest BCUT2D eigenvalue weighted by atomic mass is 79.9. The van der Waals surface area contributed by atoms with E-state index in [0.717, 1.165) is 33.0 Å². The average molecular weight is 321 g/mol. The van der Waals surface area contributed by atoms with Crippen molar-refractivity contribution in [3.05, 3.63) is 40.5 Å². The number of aryl methyl sites for hydroxylation is 1. The summed E-state index contributed by atoms with van der Waals surface area (Å²) in [5, 5.41) is 0. The molecule has 0 amide bonds. The fourth-order valence-corrected chi connectivity index (χ4v) is 2.15. The highest BCUT2D eigenvalue weighted by Gasteiger charge is 2.15. The number of benzene rings is 1. The molecular formula is C14H13BrN2O2. The lowest BCUT2D eigenvalue weighted by molar-refractivity contribution is 0.174. The number of hydrogen-bond donors (Lipinski definition) is 0. The Labute approximate surface area is 120 Å². The minimum atomic E-state index is 0.290. The topological polar surface area (TPSA) is 34.6 Å². The summed E-state index contributed by atoms with van der Waals surface area (Å²) in [7, 11) is 1.98. The molecule has 0 fully saturated rings. The molecule has 1 aliphatic rings. The minimum absolute atomic E-state index is 0.290. The molecule has 0 bridgehead atoms. The normalized spacial score (nSPS) is 12.6. The van der Waals surface area contributed by atoms with Gasteiger partial charge >= 0.3 is 0 Å². The maximum atomic E-state index is 5.39. The number of rotatable bonds is 2. The molecule has 2 aromatic rings. The molecule has 0 radical (unpaired) electrons. The molecule has 0 unspecified atom stereocenters. The summed E-state index contributed by atoms with van der Waals surface area (Å²) in [6.07, 6.45) is 1.81. The van der Waals surface area contributed by atoms with Gasteiger partial charge in [0.25, 0.3) is 0 Å². The van der Waals surface area contributed by atoms with E-state index in [9.17, 15) is 0 Å². The number of pyridine rings is 1. The highest BCUT2D eigenvalue weighted by Crippen LogP contribution is 2.36. The molecule has 0 spiro atoms. The number of nitrogens with zero attached hydrogens (tertiary/aromatic N) is 2. The summed E-state index contributed by atoms with van der Waals surface area (Å²) in [5.41, 5.74) is 2.16. The van der Waals surface area contributed by atoms with Crippen LogP contribution in [0.25, 0.3) is 0 Å². The second-order valence-corrected chi connectivity index (χ2v) is 5.24. The predicted molar refractivity (Wildman–Crippen MR) is 77.3 cm³/mol. The van der Waals surface area contributed by atoms with Crippen LogP contribution in [0.15, 0.2) is 34.9 Å². The largest absolute Gasteiger partial charge is 0.454 e. The molecule has 0 atom stereocenters. The summed E-state index contributed by atoms with van der Waals surface area (Å²) in [6, 6.07) is 7.91. The zero-order chi connectivity index (χ0) is 13.4. The summed E-state index contributed by atoms with van der Waals surface area (Å²) in [6.45, 7) is 2.33. The molecule has 1 aromatic carbocycles. The molecule has 1 aromatic heterocycles. The first-order valence-corrected chi connectivity index (χ1v) is 6.70. The lowest BCUT2D eigenvalue weighted by Gasteiger charge is -2.19. The molecule has 98 valence electrons. The predicted octanol–water partition coefficient (Wildman–Crippen LogP) is 3.65. The van der Waals surface area contributed by atoms with E-state index in [-0.39, 0.29) is 6.79 Å². The van der Waals surface area contributed by atoms with Gasteiger partial charge in [0.1, 0.15) is 5.82 Å². The van der Waals surface area contributed by atoms with Gasteiger partial charge in [0.2, 0.25) is 6.79 Å². The molecule has 0 N–H and O–H groups in total. The number of fused-ring (bicyclic) bond motifs is 1. The maximum absolute atomic E-state index is 5.39. The van der Waals surface area contributed by atoms with Crippen LogP contribution in [0.3, 0.4) is 0 Å². The van der Waals surface area contributed by atoms with Crippen molar-refractivity contribution in [3.63, 3.8) is 0 Å². The Balaban J connectivity index is 1.94. The number of anilines is 2. The fourth-order valence-electron chi connectivity index (χ4n) is 1.93. The number of aromatic nitrogens is 1. The molecule has 19 heavy (non-hydrogen) atoms. The van der Waals surface area contributed by atoms with E-state index in [2.05, 4.69) is 20.9 Å². The van der Waals surface area contributed by atoms with Crippen molar-refractivity contribution in [1.29, 1.82) is 0 Å². The second-order valence-electron chi connectivity index (χ2n) is 4.39. The van der Waals surface area contributed by atoms with Crippen molar-refractivity contribution in [2.45, 2.75) is 6.92 Å². The molecule has 0 saturated carbocycles. The van der Waals surface area contributed by atoms with Gasteiger partial charge in [-0.25, -0.2) is 4.98 Å². The van der Waals surface area contributed by atoms with Crippen molar-refractivity contribution in [2.24, 2.45) is 0 Å². The van der Waals surface area contributed by atoms with Crippen LogP contribution in [0.2, 0.25) is 0 Å². The van der Waals surface area contributed by atoms with E-state index >= 15 is 0 Å². The van der Waals surface area contributed by atoms with Gasteiger partial charge in [-0.05, 0) is 46.6 Å². The van der Waals surface area contributed by atoms with E-state index in [1.807, 2.05) is 49.3 Å². The lowest BCUT2D eigenvalue weighted by atomic mass is 10.2. The summed E-state index contributed by atoms with van der Waals surface area (Å²) >= 11 is 3.46. The Hall–Kier alpha value is -1.75. The molecule has 3 rings (SSSR count). The van der Waals surface area contributed by atoms with E-state index < -0.39 is 0 Å². The van der Waals surface area contributed by atoms with Crippen LogP contribution in [0.1, 0.15) is 5.56 Å². The van der Waals surface area contributed by atoms with Gasteiger partial charge in [-0.15, -0.1) is 0 Å². The van der Waals surface area contributed by atoms with Gasteiger partial charge in [-0.2, -0.15) is 0 Å². The van der Waals surface area contributed by atoms with Crippen LogP contribution < -0.4 is 14.4 Å². The third kappa shape index (κ3) is 2.26. The van der Waals surface area contributed by atoms with E-state index in [4.69, 9.17) is 9.47 Å². The monoisotopic (exact) mass is 320 g/mol. The van der Waals surface area contributed by atoms with Crippen LogP contribution in [0, 0.1) is 6.92 Å². The smallest absolute Gasteiger partial charge is 0.231 e. The first-order chi connectivity index (χ1) is 9.15. The Kier molecular flexibility index (Phi) is 3.06. The first kappa shape index (κ1) is 12.3. The molecule has 0 aliphatic carbocycles. The SMILES string of the molecule is Cc1cc(N(C)c2ccc3c(c2)OCO3)ncc1Br. The Morgan fingerprint density at radius 2 is 2.00 bits per heavy atom. The van der Waals surface area contributed by atoms with Crippen molar-refractivity contribution >= 4 is 27.4 Å². The fraction of sp³-hybridized carbons (Fsp3) is 0.214. The first-order valence-electron chi connectivity index (χ1n) is 5.90. The Morgan fingerprint density at radius 3 is 2.79 bits per heavy atom. The van der Waals surface area contributed by atoms with Crippen LogP contribution in [-0.4, -0.2) is 18.8 Å². The van der Waals surface area contributed by atoms with E-state index in [1.54, 1.807) is 0 Å². The quantitative estimate of drug-likeness (QED) is 0.846. The minimum Gasteiger partial charge on any atom is -0.454 e. The molecule has 1 aliphatic heterocycles. The van der Waals surface area contributed by atoms with Gasteiger partial charge < -0.3 is 14.4 Å². The highest BCUT2D eigenvalue weighted by molar-refractivity contribution is 9.10. The Morgan fingerprint density at radius 1 is 1.21 bits per heavy atom. The van der Waals surface area contributed by atoms with Crippen LogP contribution in [0.4, 0.5) is 11.5 Å². The van der Waals surface area contributed by atoms with Gasteiger partial charge in [0.05, 0.1) is 0 Å². The van der Waals surface area contributed by atoms with E-state index in [0.29, 0.717) is 0 Å². The van der Waals surface area contributed by atoms with Crippen molar-refractivity contribution in [1.82, 2.24) is 4.98 Å². The Bertz CT molecular complexity index is 631. The maximum Gasteiger partial charge on any atom is 0.231 e. The average Bonchev–Trinajstić information content (AvgIpc) is 2.88. The zero-order valence-electron chi connectivity index (χ0n) is 10.7. The molecule has 0 saturated heterocycles. The number of halogens is 1. The number of ether oxygens (including phenoxy) is 2. The van der Waals surface area contributed by atoms with Crippen molar-refractivity contribution in [2.75, 3.05) is 18.7 Å². The van der Waals surface area contributed by atoms with Gasteiger partial charge in [-0.1, -0.05) is 0 Å². The van der Waals surface area contributed by atoms with Crippen molar-refractivity contribution in [3.8, 4) is 11.5 Å². The lowest BCUT2D eigenvalue weighted by Crippen LogP contribution is -2.11.